The Morgan fingerprint density at radius 2 is 1.38 bits per heavy atom. The van der Waals surface area contributed by atoms with E-state index in [1.54, 1.807) is 13.8 Å². The fraction of sp³-hybridized carbons (Fsp3) is 0.478. The van der Waals surface area contributed by atoms with Gasteiger partial charge in [-0.05, 0) is 72.8 Å². The van der Waals surface area contributed by atoms with Crippen molar-refractivity contribution in [2.45, 2.75) is 69.8 Å². The van der Waals surface area contributed by atoms with Gasteiger partial charge in [0.15, 0.2) is 9.84 Å². The lowest BCUT2D eigenvalue weighted by molar-refractivity contribution is 0.586. The van der Waals surface area contributed by atoms with Crippen LogP contribution in [0.4, 0.5) is 0 Å². The van der Waals surface area contributed by atoms with Gasteiger partial charge < -0.3 is 0 Å². The zero-order valence-electron chi connectivity index (χ0n) is 16.3. The van der Waals surface area contributed by atoms with Crippen LogP contribution >= 0.6 is 0 Å². The molecule has 1 aliphatic rings. The highest BCUT2D eigenvalue weighted by Gasteiger charge is 2.24. The fourth-order valence-electron chi connectivity index (χ4n) is 3.93. The third-order valence-electron chi connectivity index (χ3n) is 5.73. The summed E-state index contributed by atoms with van der Waals surface area (Å²) in [6.07, 6.45) is 3.28. The Hall–Kier alpha value is -1.61. The number of hydrogen-bond acceptors (Lipinski definition) is 2. The quantitative estimate of drug-likeness (QED) is 0.682. The van der Waals surface area contributed by atoms with Crippen LogP contribution in [0.25, 0.3) is 0 Å². The molecule has 2 unspecified atom stereocenters. The number of sulfone groups is 1. The predicted molar refractivity (Wildman–Crippen MR) is 109 cm³/mol. The maximum Gasteiger partial charge on any atom is 0.156 e. The first-order chi connectivity index (χ1) is 12.3. The first-order valence-electron chi connectivity index (χ1n) is 9.68. The molecule has 0 spiro atoms. The standard InChI is InChI=1S/C23H30O2S/c1-16(2)26(24,25)15-21-9-6-19(7-10-21)5-8-20-11-12-22-17(3)13-18(4)23(22)14-20/h6-7,9-12,14,16-18H,5,8,13,15H2,1-4H3. The molecular formula is C23H30O2S. The molecule has 0 amide bonds. The Morgan fingerprint density at radius 3 is 2.04 bits per heavy atom. The third kappa shape index (κ3) is 4.20. The highest BCUT2D eigenvalue weighted by atomic mass is 32.2. The van der Waals surface area contributed by atoms with E-state index in [1.807, 2.05) is 12.1 Å². The molecule has 140 valence electrons. The summed E-state index contributed by atoms with van der Waals surface area (Å²) in [5.41, 5.74) is 6.60. The van der Waals surface area contributed by atoms with Crippen molar-refractivity contribution in [2.75, 3.05) is 0 Å². The fourth-order valence-corrected chi connectivity index (χ4v) is 4.92. The van der Waals surface area contributed by atoms with E-state index in [4.69, 9.17) is 0 Å². The van der Waals surface area contributed by atoms with Crippen molar-refractivity contribution in [1.29, 1.82) is 0 Å². The van der Waals surface area contributed by atoms with Crippen molar-refractivity contribution in [1.82, 2.24) is 0 Å². The second kappa shape index (κ2) is 7.56. The predicted octanol–water partition coefficient (Wildman–Crippen LogP) is 5.41. The van der Waals surface area contributed by atoms with Gasteiger partial charge in [-0.3, -0.25) is 0 Å². The van der Waals surface area contributed by atoms with Crippen molar-refractivity contribution in [2.24, 2.45) is 0 Å². The van der Waals surface area contributed by atoms with Gasteiger partial charge in [0.1, 0.15) is 0 Å². The van der Waals surface area contributed by atoms with Crippen LogP contribution < -0.4 is 0 Å². The molecule has 1 aliphatic carbocycles. The minimum absolute atomic E-state index is 0.131. The van der Waals surface area contributed by atoms with E-state index < -0.39 is 9.84 Å². The van der Waals surface area contributed by atoms with Crippen LogP contribution in [-0.2, 0) is 28.4 Å². The van der Waals surface area contributed by atoms with E-state index in [1.165, 1.54) is 28.7 Å². The van der Waals surface area contributed by atoms with Crippen LogP contribution in [0.5, 0.6) is 0 Å². The molecule has 0 aromatic heterocycles. The molecule has 3 rings (SSSR count). The summed E-state index contributed by atoms with van der Waals surface area (Å²) < 4.78 is 24.1. The largest absolute Gasteiger partial charge is 0.228 e. The van der Waals surface area contributed by atoms with Crippen molar-refractivity contribution < 1.29 is 8.42 Å². The van der Waals surface area contributed by atoms with Gasteiger partial charge in [-0.1, -0.05) is 56.3 Å². The zero-order chi connectivity index (χ0) is 18.9. The molecule has 2 aromatic carbocycles. The summed E-state index contributed by atoms with van der Waals surface area (Å²) >= 11 is 0. The van der Waals surface area contributed by atoms with E-state index in [-0.39, 0.29) is 11.0 Å². The molecular weight excluding hydrogens is 340 g/mol. The summed E-state index contributed by atoms with van der Waals surface area (Å²) in [4.78, 5) is 0. The molecule has 0 fully saturated rings. The minimum Gasteiger partial charge on any atom is -0.228 e. The highest BCUT2D eigenvalue weighted by Crippen LogP contribution is 2.41. The third-order valence-corrected chi connectivity index (χ3v) is 7.90. The average Bonchev–Trinajstić information content (AvgIpc) is 2.88. The van der Waals surface area contributed by atoms with Gasteiger partial charge in [0.2, 0.25) is 0 Å². The molecule has 0 N–H and O–H groups in total. The molecule has 0 bridgehead atoms. The topological polar surface area (TPSA) is 34.1 Å². The second-order valence-corrected chi connectivity index (χ2v) is 10.7. The maximum atomic E-state index is 12.0. The highest BCUT2D eigenvalue weighted by molar-refractivity contribution is 7.91. The molecule has 26 heavy (non-hydrogen) atoms. The summed E-state index contributed by atoms with van der Waals surface area (Å²) in [6, 6.07) is 15.1. The number of aryl methyl sites for hydroxylation is 2. The number of rotatable bonds is 6. The molecule has 0 aliphatic heterocycles. The zero-order valence-corrected chi connectivity index (χ0v) is 17.1. The van der Waals surface area contributed by atoms with E-state index in [2.05, 4.69) is 44.2 Å². The molecule has 0 saturated heterocycles. The Bertz CT molecular complexity index is 864. The van der Waals surface area contributed by atoms with Crippen LogP contribution in [0, 0.1) is 0 Å². The molecule has 0 radical (unpaired) electrons. The van der Waals surface area contributed by atoms with Crippen LogP contribution in [0.15, 0.2) is 42.5 Å². The van der Waals surface area contributed by atoms with Crippen molar-refractivity contribution in [3.05, 3.63) is 70.3 Å². The lowest BCUT2D eigenvalue weighted by Gasteiger charge is -2.10. The van der Waals surface area contributed by atoms with Crippen molar-refractivity contribution in [3.8, 4) is 0 Å². The van der Waals surface area contributed by atoms with E-state index in [0.717, 1.165) is 18.4 Å². The maximum absolute atomic E-state index is 12.0. The van der Waals surface area contributed by atoms with Gasteiger partial charge in [0, 0.05) is 0 Å². The summed E-state index contributed by atoms with van der Waals surface area (Å²) in [5, 5.41) is -0.327. The summed E-state index contributed by atoms with van der Waals surface area (Å²) in [6.45, 7) is 8.13. The van der Waals surface area contributed by atoms with Crippen molar-refractivity contribution >= 4 is 9.84 Å². The van der Waals surface area contributed by atoms with Gasteiger partial charge in [-0.15, -0.1) is 0 Å². The van der Waals surface area contributed by atoms with Gasteiger partial charge in [0.25, 0.3) is 0 Å². The lowest BCUT2D eigenvalue weighted by Crippen LogP contribution is -2.15. The first-order valence-corrected chi connectivity index (χ1v) is 11.4. The summed E-state index contributed by atoms with van der Waals surface area (Å²) in [7, 11) is -3.04. The molecule has 0 saturated carbocycles. The smallest absolute Gasteiger partial charge is 0.156 e. The molecule has 2 aromatic rings. The Kier molecular flexibility index (Phi) is 5.57. The van der Waals surface area contributed by atoms with Crippen LogP contribution in [-0.4, -0.2) is 13.7 Å². The van der Waals surface area contributed by atoms with Crippen LogP contribution in [0.3, 0.4) is 0 Å². The molecule has 0 heterocycles. The first kappa shape index (κ1) is 19.2. The number of hydrogen-bond donors (Lipinski definition) is 0. The van der Waals surface area contributed by atoms with Crippen LogP contribution in [0.2, 0.25) is 0 Å². The SMILES string of the molecule is CC1CC(C)c2cc(CCc3ccc(CS(=O)(=O)C(C)C)cc3)ccc21. The Labute approximate surface area is 158 Å². The molecule has 2 nitrogen and oxygen atoms in total. The van der Waals surface area contributed by atoms with E-state index in [9.17, 15) is 8.42 Å². The van der Waals surface area contributed by atoms with E-state index >= 15 is 0 Å². The van der Waals surface area contributed by atoms with Crippen LogP contribution in [0.1, 0.15) is 73.8 Å². The van der Waals surface area contributed by atoms with Gasteiger partial charge >= 0.3 is 0 Å². The Balaban J connectivity index is 1.63. The molecule has 3 heteroatoms. The number of fused-ring (bicyclic) bond motifs is 1. The molecule has 2 atom stereocenters. The lowest BCUT2D eigenvalue weighted by atomic mass is 9.96. The van der Waals surface area contributed by atoms with Gasteiger partial charge in [-0.25, -0.2) is 8.42 Å². The normalized spacial score (nSPS) is 19.7. The summed E-state index contributed by atoms with van der Waals surface area (Å²) in [5.74, 6) is 1.48. The second-order valence-electron chi connectivity index (χ2n) is 8.17. The van der Waals surface area contributed by atoms with E-state index in [0.29, 0.717) is 11.8 Å². The Morgan fingerprint density at radius 1 is 0.846 bits per heavy atom. The minimum atomic E-state index is -3.04. The van der Waals surface area contributed by atoms with Crippen molar-refractivity contribution in [3.63, 3.8) is 0 Å². The number of benzene rings is 2. The monoisotopic (exact) mass is 370 g/mol. The van der Waals surface area contributed by atoms with Gasteiger partial charge in [0.05, 0.1) is 11.0 Å². The van der Waals surface area contributed by atoms with Gasteiger partial charge in [-0.2, -0.15) is 0 Å². The average molecular weight is 371 g/mol.